The van der Waals surface area contributed by atoms with Crippen molar-refractivity contribution in [3.8, 4) is 0 Å². The molecule has 4 rings (SSSR count). The van der Waals surface area contributed by atoms with Crippen LogP contribution in [-0.2, 0) is 15.0 Å². The summed E-state index contributed by atoms with van der Waals surface area (Å²) in [6.45, 7) is 3.54. The van der Waals surface area contributed by atoms with Crippen molar-refractivity contribution in [2.24, 2.45) is 0 Å². The standard InChI is InChI=1S/C24H28BrN3O2/c25-20-9-7-19(8-10-20)24(12-4-13-24)23(30)26-14-11-22(29)28-17-15-27(16-18-28)21-5-2-1-3-6-21/h1-3,5-10H,4,11-18H2,(H,26,30). The van der Waals surface area contributed by atoms with Gasteiger partial charge in [-0.1, -0.05) is 52.7 Å². The van der Waals surface area contributed by atoms with Crippen LogP contribution < -0.4 is 10.2 Å². The lowest BCUT2D eigenvalue weighted by Gasteiger charge is -2.41. The number of amides is 2. The highest BCUT2D eigenvalue weighted by Crippen LogP contribution is 2.44. The van der Waals surface area contributed by atoms with Gasteiger partial charge >= 0.3 is 0 Å². The minimum Gasteiger partial charge on any atom is -0.368 e. The molecule has 2 fully saturated rings. The van der Waals surface area contributed by atoms with Gasteiger partial charge in [0.1, 0.15) is 0 Å². The molecule has 1 aliphatic carbocycles. The second-order valence-corrected chi connectivity index (χ2v) is 9.07. The molecule has 1 saturated carbocycles. The summed E-state index contributed by atoms with van der Waals surface area (Å²) < 4.78 is 1.01. The number of para-hydroxylation sites is 1. The van der Waals surface area contributed by atoms with Gasteiger partial charge in [0.05, 0.1) is 5.41 Å². The van der Waals surface area contributed by atoms with E-state index in [4.69, 9.17) is 0 Å². The lowest BCUT2D eigenvalue weighted by atomic mass is 9.64. The molecule has 0 atom stereocenters. The summed E-state index contributed by atoms with van der Waals surface area (Å²) in [4.78, 5) is 29.8. The number of anilines is 1. The van der Waals surface area contributed by atoms with Crippen LogP contribution >= 0.6 is 15.9 Å². The molecule has 5 nitrogen and oxygen atoms in total. The van der Waals surface area contributed by atoms with Crippen molar-refractivity contribution in [3.63, 3.8) is 0 Å². The second kappa shape index (κ2) is 9.21. The molecule has 1 aliphatic heterocycles. The largest absolute Gasteiger partial charge is 0.368 e. The fourth-order valence-corrected chi connectivity index (χ4v) is 4.67. The van der Waals surface area contributed by atoms with Gasteiger partial charge in [0, 0.05) is 49.3 Å². The van der Waals surface area contributed by atoms with Crippen LogP contribution in [-0.4, -0.2) is 49.4 Å². The maximum absolute atomic E-state index is 12.9. The third-order valence-electron chi connectivity index (χ3n) is 6.42. The van der Waals surface area contributed by atoms with E-state index in [-0.39, 0.29) is 11.8 Å². The highest BCUT2D eigenvalue weighted by atomic mass is 79.9. The Hall–Kier alpha value is -2.34. The summed E-state index contributed by atoms with van der Waals surface area (Å²) in [6.07, 6.45) is 3.16. The fourth-order valence-electron chi connectivity index (χ4n) is 4.41. The molecule has 0 unspecified atom stereocenters. The molecule has 1 saturated heterocycles. The van der Waals surface area contributed by atoms with Crippen LogP contribution in [0.2, 0.25) is 0 Å². The van der Waals surface area contributed by atoms with E-state index in [1.165, 1.54) is 5.69 Å². The van der Waals surface area contributed by atoms with Gasteiger partial charge in [0.15, 0.2) is 0 Å². The summed E-state index contributed by atoms with van der Waals surface area (Å²) in [5, 5.41) is 3.03. The maximum Gasteiger partial charge on any atom is 0.230 e. The summed E-state index contributed by atoms with van der Waals surface area (Å²) in [6, 6.07) is 18.3. The van der Waals surface area contributed by atoms with Gasteiger partial charge in [0.2, 0.25) is 11.8 Å². The number of benzene rings is 2. The molecule has 6 heteroatoms. The lowest BCUT2D eigenvalue weighted by molar-refractivity contribution is -0.132. The molecular weight excluding hydrogens is 442 g/mol. The first-order valence-corrected chi connectivity index (χ1v) is 11.5. The molecule has 0 bridgehead atoms. The highest BCUT2D eigenvalue weighted by molar-refractivity contribution is 9.10. The third kappa shape index (κ3) is 4.38. The van der Waals surface area contributed by atoms with Crippen molar-refractivity contribution in [1.29, 1.82) is 0 Å². The third-order valence-corrected chi connectivity index (χ3v) is 6.95. The Morgan fingerprint density at radius 1 is 0.933 bits per heavy atom. The number of carbonyl (C=O) groups excluding carboxylic acids is 2. The quantitative estimate of drug-likeness (QED) is 0.700. The van der Waals surface area contributed by atoms with Gasteiger partial charge in [-0.05, 0) is 42.7 Å². The van der Waals surface area contributed by atoms with Crippen molar-refractivity contribution in [3.05, 3.63) is 64.6 Å². The Kier molecular flexibility index (Phi) is 6.42. The summed E-state index contributed by atoms with van der Waals surface area (Å²) in [7, 11) is 0. The molecule has 2 aromatic carbocycles. The lowest BCUT2D eigenvalue weighted by Crippen LogP contribution is -2.51. The Morgan fingerprint density at radius 2 is 1.60 bits per heavy atom. The Bertz CT molecular complexity index is 873. The van der Waals surface area contributed by atoms with Crippen LogP contribution in [0.1, 0.15) is 31.2 Å². The van der Waals surface area contributed by atoms with E-state index in [2.05, 4.69) is 38.3 Å². The number of piperazine rings is 1. The number of nitrogens with zero attached hydrogens (tertiary/aromatic N) is 2. The monoisotopic (exact) mass is 469 g/mol. The van der Waals surface area contributed by atoms with Gasteiger partial charge < -0.3 is 15.1 Å². The van der Waals surface area contributed by atoms with Gasteiger partial charge in [0.25, 0.3) is 0 Å². The first-order valence-electron chi connectivity index (χ1n) is 10.7. The van der Waals surface area contributed by atoms with Gasteiger partial charge in [-0.15, -0.1) is 0 Å². The second-order valence-electron chi connectivity index (χ2n) is 8.15. The van der Waals surface area contributed by atoms with Crippen molar-refractivity contribution in [1.82, 2.24) is 10.2 Å². The molecule has 2 aliphatic rings. The summed E-state index contributed by atoms with van der Waals surface area (Å²) in [5.41, 5.74) is 1.85. The van der Waals surface area contributed by atoms with E-state index in [0.29, 0.717) is 13.0 Å². The maximum atomic E-state index is 12.9. The molecule has 0 spiro atoms. The average molecular weight is 470 g/mol. The van der Waals surface area contributed by atoms with Gasteiger partial charge in [-0.2, -0.15) is 0 Å². The van der Waals surface area contributed by atoms with E-state index in [1.54, 1.807) is 0 Å². The van der Waals surface area contributed by atoms with Crippen LogP contribution in [0.5, 0.6) is 0 Å². The van der Waals surface area contributed by atoms with Crippen LogP contribution in [0.15, 0.2) is 59.1 Å². The van der Waals surface area contributed by atoms with Crippen LogP contribution in [0.4, 0.5) is 5.69 Å². The number of carbonyl (C=O) groups is 2. The van der Waals surface area contributed by atoms with Gasteiger partial charge in [-0.25, -0.2) is 0 Å². The van der Waals surface area contributed by atoms with Crippen LogP contribution in [0, 0.1) is 0 Å². The molecule has 1 N–H and O–H groups in total. The highest BCUT2D eigenvalue weighted by Gasteiger charge is 2.45. The van der Waals surface area contributed by atoms with Crippen molar-refractivity contribution >= 4 is 33.4 Å². The number of halogens is 1. The van der Waals surface area contributed by atoms with Crippen molar-refractivity contribution in [2.45, 2.75) is 31.1 Å². The molecule has 158 valence electrons. The summed E-state index contributed by atoms with van der Waals surface area (Å²) in [5.74, 6) is 0.173. The number of rotatable bonds is 6. The van der Waals surface area contributed by atoms with Crippen molar-refractivity contribution in [2.75, 3.05) is 37.6 Å². The molecule has 30 heavy (non-hydrogen) atoms. The Labute approximate surface area is 186 Å². The zero-order valence-corrected chi connectivity index (χ0v) is 18.7. The van der Waals surface area contributed by atoms with E-state index in [1.807, 2.05) is 47.4 Å². The normalized spacial score (nSPS) is 17.9. The molecule has 0 radical (unpaired) electrons. The van der Waals surface area contributed by atoms with E-state index in [9.17, 15) is 9.59 Å². The number of hydrogen-bond acceptors (Lipinski definition) is 3. The first-order chi connectivity index (χ1) is 14.6. The Morgan fingerprint density at radius 3 is 2.20 bits per heavy atom. The summed E-state index contributed by atoms with van der Waals surface area (Å²) >= 11 is 3.46. The molecule has 0 aromatic heterocycles. The van der Waals surface area contributed by atoms with Crippen molar-refractivity contribution < 1.29 is 9.59 Å². The first kappa shape index (κ1) is 20.9. The van der Waals surface area contributed by atoms with E-state index >= 15 is 0 Å². The molecule has 1 heterocycles. The molecule has 2 amide bonds. The minimum atomic E-state index is -0.426. The zero-order valence-electron chi connectivity index (χ0n) is 17.1. The molecular formula is C24H28BrN3O2. The minimum absolute atomic E-state index is 0.0535. The molecule has 2 aromatic rings. The SMILES string of the molecule is O=C(CCNC(=O)C1(c2ccc(Br)cc2)CCC1)N1CCN(c2ccccc2)CC1. The van der Waals surface area contributed by atoms with Gasteiger partial charge in [-0.3, -0.25) is 9.59 Å². The zero-order chi connectivity index (χ0) is 21.0. The predicted molar refractivity (Wildman–Crippen MR) is 123 cm³/mol. The predicted octanol–water partition coefficient (Wildman–Crippen LogP) is 3.73. The smallest absolute Gasteiger partial charge is 0.230 e. The van der Waals surface area contributed by atoms with Crippen LogP contribution in [0.25, 0.3) is 0 Å². The topological polar surface area (TPSA) is 52.7 Å². The van der Waals surface area contributed by atoms with Crippen LogP contribution in [0.3, 0.4) is 0 Å². The van der Waals surface area contributed by atoms with E-state index in [0.717, 1.165) is 55.5 Å². The number of nitrogens with one attached hydrogen (secondary N) is 1. The van der Waals surface area contributed by atoms with E-state index < -0.39 is 5.41 Å². The number of hydrogen-bond donors (Lipinski definition) is 1. The fraction of sp³-hybridized carbons (Fsp3) is 0.417. The Balaban J connectivity index is 1.25. The average Bonchev–Trinajstić information content (AvgIpc) is 2.75.